The molecule has 0 bridgehead atoms. The van der Waals surface area contributed by atoms with E-state index < -0.39 is 7.60 Å². The molecule has 1 aromatic rings. The van der Waals surface area contributed by atoms with Crippen LogP contribution in [0.3, 0.4) is 0 Å². The Morgan fingerprint density at radius 1 is 1.27 bits per heavy atom. The fourth-order valence-corrected chi connectivity index (χ4v) is 2.44. The zero-order valence-electron chi connectivity index (χ0n) is 9.14. The van der Waals surface area contributed by atoms with Gasteiger partial charge in [0.25, 0.3) is 0 Å². The summed E-state index contributed by atoms with van der Waals surface area (Å²) in [5.41, 5.74) is 6.15. The van der Waals surface area contributed by atoms with Crippen LogP contribution in [0, 0.1) is 0 Å². The minimum Gasteiger partial charge on any atom is -0.425 e. The molecule has 0 amide bonds. The average Bonchev–Trinajstić information content (AvgIpc) is 2.06. The van der Waals surface area contributed by atoms with Gasteiger partial charge in [-0.3, -0.25) is 4.52 Å². The van der Waals surface area contributed by atoms with E-state index in [1.54, 1.807) is 24.3 Å². The minimum atomic E-state index is -3.03. The van der Waals surface area contributed by atoms with E-state index in [9.17, 15) is 4.57 Å². The van der Waals surface area contributed by atoms with Crippen LogP contribution in [0.4, 0.5) is 5.69 Å². The van der Waals surface area contributed by atoms with Gasteiger partial charge in [-0.05, 0) is 38.1 Å². The Hall–Kier alpha value is -0.990. The zero-order chi connectivity index (χ0) is 11.5. The van der Waals surface area contributed by atoms with Gasteiger partial charge in [-0.2, -0.15) is 0 Å². The highest BCUT2D eigenvalue weighted by Gasteiger charge is 2.20. The van der Waals surface area contributed by atoms with E-state index in [-0.39, 0.29) is 6.10 Å². The lowest BCUT2D eigenvalue weighted by molar-refractivity contribution is 0.213. The number of nitrogens with two attached hydrogens (primary N) is 1. The van der Waals surface area contributed by atoms with Gasteiger partial charge < -0.3 is 10.3 Å². The molecule has 0 spiro atoms. The second-order valence-electron chi connectivity index (χ2n) is 3.59. The third kappa shape index (κ3) is 4.36. The Labute approximate surface area is 89.9 Å². The first-order valence-electron chi connectivity index (χ1n) is 4.70. The molecular formula is C10H16NO3P. The number of rotatable bonds is 4. The van der Waals surface area contributed by atoms with Crippen LogP contribution in [0.2, 0.25) is 0 Å². The molecule has 5 heteroatoms. The van der Waals surface area contributed by atoms with E-state index in [0.717, 1.165) is 0 Å². The van der Waals surface area contributed by atoms with Crippen LogP contribution < -0.4 is 10.3 Å². The summed E-state index contributed by atoms with van der Waals surface area (Å²) in [6.07, 6.45) is -0.130. The lowest BCUT2D eigenvalue weighted by Gasteiger charge is -2.17. The average molecular weight is 229 g/mol. The molecule has 1 unspecified atom stereocenters. The van der Waals surface area contributed by atoms with Gasteiger partial charge in [0, 0.05) is 12.4 Å². The number of nitrogen functional groups attached to an aromatic ring is 1. The first-order valence-corrected chi connectivity index (χ1v) is 6.69. The summed E-state index contributed by atoms with van der Waals surface area (Å²) in [5.74, 6) is 0.496. The number of hydrogen-bond acceptors (Lipinski definition) is 4. The topological polar surface area (TPSA) is 61.5 Å². The van der Waals surface area contributed by atoms with Crippen molar-refractivity contribution < 1.29 is 13.6 Å². The fraction of sp³-hybridized carbons (Fsp3) is 0.400. The second-order valence-corrected chi connectivity index (χ2v) is 5.52. The Morgan fingerprint density at radius 2 is 1.80 bits per heavy atom. The lowest BCUT2D eigenvalue weighted by Crippen LogP contribution is -2.03. The summed E-state index contributed by atoms with van der Waals surface area (Å²) < 4.78 is 22.2. The molecule has 0 aliphatic rings. The monoisotopic (exact) mass is 229 g/mol. The maximum atomic E-state index is 11.8. The van der Waals surface area contributed by atoms with E-state index in [1.807, 2.05) is 13.8 Å². The first-order chi connectivity index (χ1) is 6.89. The molecule has 0 radical (unpaired) electrons. The Bertz CT molecular complexity index is 361. The smallest absolute Gasteiger partial charge is 0.376 e. The predicted molar refractivity (Wildman–Crippen MR) is 61.2 cm³/mol. The lowest BCUT2D eigenvalue weighted by atomic mass is 10.3. The summed E-state index contributed by atoms with van der Waals surface area (Å²) in [7, 11) is -3.03. The van der Waals surface area contributed by atoms with Crippen LogP contribution in [0.5, 0.6) is 5.75 Å². The van der Waals surface area contributed by atoms with E-state index in [0.29, 0.717) is 11.4 Å². The Balaban J connectivity index is 2.69. The number of hydrogen-bond donors (Lipinski definition) is 1. The second kappa shape index (κ2) is 4.69. The summed E-state index contributed by atoms with van der Waals surface area (Å²) in [6, 6.07) is 6.69. The van der Waals surface area contributed by atoms with Crippen molar-refractivity contribution in [1.82, 2.24) is 0 Å². The van der Waals surface area contributed by atoms with Crippen molar-refractivity contribution in [1.29, 1.82) is 0 Å². The van der Waals surface area contributed by atoms with Gasteiger partial charge >= 0.3 is 7.60 Å². The molecule has 0 aromatic heterocycles. The van der Waals surface area contributed by atoms with E-state index in [1.165, 1.54) is 6.66 Å². The van der Waals surface area contributed by atoms with Gasteiger partial charge in [0.05, 0.1) is 6.10 Å². The normalized spacial score (nSPS) is 14.9. The molecular weight excluding hydrogens is 213 g/mol. The summed E-state index contributed by atoms with van der Waals surface area (Å²) in [6.45, 7) is 5.06. The maximum Gasteiger partial charge on any atom is 0.376 e. The molecule has 0 fully saturated rings. The molecule has 0 aliphatic carbocycles. The standard InChI is InChI=1S/C10H16NO3P/c1-8(2)13-15(3,12)14-10-6-4-9(11)5-7-10/h4-8H,11H2,1-3H3. The molecule has 2 N–H and O–H groups in total. The highest BCUT2D eigenvalue weighted by atomic mass is 31.2. The molecule has 84 valence electrons. The van der Waals surface area contributed by atoms with E-state index >= 15 is 0 Å². The SMILES string of the molecule is CC(C)OP(C)(=O)Oc1ccc(N)cc1. The largest absolute Gasteiger partial charge is 0.425 e. The van der Waals surface area contributed by atoms with Gasteiger partial charge in [0.1, 0.15) is 5.75 Å². The van der Waals surface area contributed by atoms with Crippen molar-refractivity contribution in [3.8, 4) is 5.75 Å². The van der Waals surface area contributed by atoms with Gasteiger partial charge in [-0.1, -0.05) is 0 Å². The Kier molecular flexibility index (Phi) is 3.77. The van der Waals surface area contributed by atoms with Crippen molar-refractivity contribution >= 4 is 13.3 Å². The third-order valence-electron chi connectivity index (χ3n) is 1.55. The summed E-state index contributed by atoms with van der Waals surface area (Å²) in [5, 5.41) is 0. The summed E-state index contributed by atoms with van der Waals surface area (Å²) >= 11 is 0. The molecule has 0 heterocycles. The van der Waals surface area contributed by atoms with Crippen LogP contribution in [-0.4, -0.2) is 12.8 Å². The van der Waals surface area contributed by atoms with Gasteiger partial charge in [-0.25, -0.2) is 4.57 Å². The molecule has 0 saturated heterocycles. The molecule has 1 aromatic carbocycles. The van der Waals surface area contributed by atoms with Gasteiger partial charge in [-0.15, -0.1) is 0 Å². The van der Waals surface area contributed by atoms with Crippen LogP contribution in [0.25, 0.3) is 0 Å². The van der Waals surface area contributed by atoms with Crippen molar-refractivity contribution in [2.75, 3.05) is 12.4 Å². The fourth-order valence-electron chi connectivity index (χ4n) is 1.12. The highest BCUT2D eigenvalue weighted by molar-refractivity contribution is 7.53. The minimum absolute atomic E-state index is 0.130. The molecule has 15 heavy (non-hydrogen) atoms. The van der Waals surface area contributed by atoms with Gasteiger partial charge in [0.2, 0.25) is 0 Å². The summed E-state index contributed by atoms with van der Waals surface area (Å²) in [4.78, 5) is 0. The quantitative estimate of drug-likeness (QED) is 0.637. The van der Waals surface area contributed by atoms with E-state index in [2.05, 4.69) is 0 Å². The molecule has 1 rings (SSSR count). The third-order valence-corrected chi connectivity index (χ3v) is 2.90. The Morgan fingerprint density at radius 3 is 2.27 bits per heavy atom. The van der Waals surface area contributed by atoms with Crippen molar-refractivity contribution in [2.24, 2.45) is 0 Å². The van der Waals surface area contributed by atoms with Crippen LogP contribution in [0.15, 0.2) is 24.3 Å². The van der Waals surface area contributed by atoms with Crippen LogP contribution >= 0.6 is 7.60 Å². The van der Waals surface area contributed by atoms with Crippen molar-refractivity contribution in [2.45, 2.75) is 20.0 Å². The van der Waals surface area contributed by atoms with Crippen molar-refractivity contribution in [3.63, 3.8) is 0 Å². The number of benzene rings is 1. The molecule has 0 saturated carbocycles. The molecule has 0 aliphatic heterocycles. The van der Waals surface area contributed by atoms with Crippen LogP contribution in [0.1, 0.15) is 13.8 Å². The number of anilines is 1. The highest BCUT2D eigenvalue weighted by Crippen LogP contribution is 2.45. The first kappa shape index (κ1) is 12.1. The zero-order valence-corrected chi connectivity index (χ0v) is 10.0. The maximum absolute atomic E-state index is 11.8. The van der Waals surface area contributed by atoms with E-state index in [4.69, 9.17) is 14.8 Å². The molecule has 1 atom stereocenters. The van der Waals surface area contributed by atoms with Crippen molar-refractivity contribution in [3.05, 3.63) is 24.3 Å². The van der Waals surface area contributed by atoms with Gasteiger partial charge in [0.15, 0.2) is 0 Å². The van der Waals surface area contributed by atoms with Crippen LogP contribution in [-0.2, 0) is 9.09 Å². The molecule has 4 nitrogen and oxygen atoms in total. The predicted octanol–water partition coefficient (Wildman–Crippen LogP) is 2.90.